The van der Waals surface area contributed by atoms with E-state index in [4.69, 9.17) is 18.9 Å². The van der Waals surface area contributed by atoms with Gasteiger partial charge >= 0.3 is 0 Å². The Morgan fingerprint density at radius 3 is 2.02 bits per heavy atom. The maximum Gasteiger partial charge on any atom is 0.300 e. The lowest BCUT2D eigenvalue weighted by atomic mass is 9.94. The molecule has 0 aliphatic carbocycles. The van der Waals surface area contributed by atoms with Crippen LogP contribution in [0.4, 0.5) is 11.4 Å². The molecule has 1 aliphatic heterocycles. The van der Waals surface area contributed by atoms with Crippen LogP contribution in [-0.4, -0.2) is 58.3 Å². The lowest BCUT2D eigenvalue weighted by molar-refractivity contribution is -0.132. The number of Topliss-reactive ketones (excluding diaryl/α,β-unsaturated/α-hetero) is 1. The van der Waals surface area contributed by atoms with Gasteiger partial charge in [0.1, 0.15) is 28.8 Å². The highest BCUT2D eigenvalue weighted by Crippen LogP contribution is 2.45. The number of rotatable bonds is 10. The van der Waals surface area contributed by atoms with Crippen molar-refractivity contribution in [1.29, 1.82) is 0 Å². The molecule has 1 unspecified atom stereocenters. The fourth-order valence-corrected chi connectivity index (χ4v) is 4.68. The molecule has 40 heavy (non-hydrogen) atoms. The summed E-state index contributed by atoms with van der Waals surface area (Å²) in [5.74, 6) is -0.168. The highest BCUT2D eigenvalue weighted by Gasteiger charge is 2.47. The molecule has 3 aromatic rings. The van der Waals surface area contributed by atoms with Gasteiger partial charge in [0.25, 0.3) is 11.7 Å². The molecule has 3 aromatic carbocycles. The van der Waals surface area contributed by atoms with Crippen LogP contribution in [0.25, 0.3) is 5.76 Å². The largest absolute Gasteiger partial charge is 0.507 e. The molecule has 210 valence electrons. The Balaban J connectivity index is 1.97. The first-order valence-corrected chi connectivity index (χ1v) is 12.9. The third kappa shape index (κ3) is 5.40. The van der Waals surface area contributed by atoms with Gasteiger partial charge in [-0.25, -0.2) is 0 Å². The maximum atomic E-state index is 13.7. The molecule has 1 amide bonds. The van der Waals surface area contributed by atoms with E-state index in [1.54, 1.807) is 36.4 Å². The van der Waals surface area contributed by atoms with Crippen LogP contribution in [0.2, 0.25) is 0 Å². The van der Waals surface area contributed by atoms with Gasteiger partial charge in [-0.1, -0.05) is 12.1 Å². The van der Waals surface area contributed by atoms with E-state index in [9.17, 15) is 14.7 Å². The minimum absolute atomic E-state index is 0.0606. The number of aliphatic hydroxyl groups is 1. The summed E-state index contributed by atoms with van der Waals surface area (Å²) in [4.78, 5) is 30.6. The minimum Gasteiger partial charge on any atom is -0.507 e. The Kier molecular flexibility index (Phi) is 8.52. The van der Waals surface area contributed by atoms with E-state index in [2.05, 4.69) is 0 Å². The number of carbonyl (C=O) groups is 2. The number of ether oxygens (including phenoxy) is 4. The molecular weight excluding hydrogens is 512 g/mol. The number of benzene rings is 3. The summed E-state index contributed by atoms with van der Waals surface area (Å²) in [6.45, 7) is 4.46. The number of carbonyl (C=O) groups excluding carboxylic acids is 2. The van der Waals surface area contributed by atoms with Crippen LogP contribution < -0.4 is 28.7 Å². The van der Waals surface area contributed by atoms with Crippen LogP contribution in [0.3, 0.4) is 0 Å². The summed E-state index contributed by atoms with van der Waals surface area (Å²) in [6, 6.07) is 16.5. The third-order valence-corrected chi connectivity index (χ3v) is 6.60. The zero-order valence-corrected chi connectivity index (χ0v) is 23.6. The number of ketones is 1. The molecule has 1 aliphatic rings. The second-order valence-corrected chi connectivity index (χ2v) is 9.25. The monoisotopic (exact) mass is 546 g/mol. The first-order chi connectivity index (χ1) is 19.2. The molecule has 1 heterocycles. The van der Waals surface area contributed by atoms with Gasteiger partial charge in [-0.3, -0.25) is 14.5 Å². The fraction of sp³-hybridized carbons (Fsp3) is 0.290. The number of aliphatic hydroxyl groups excluding tert-OH is 1. The molecule has 0 saturated carbocycles. The summed E-state index contributed by atoms with van der Waals surface area (Å²) < 4.78 is 22.2. The van der Waals surface area contributed by atoms with Crippen LogP contribution in [-0.2, 0) is 9.59 Å². The van der Waals surface area contributed by atoms with E-state index in [-0.39, 0.29) is 16.9 Å². The smallest absolute Gasteiger partial charge is 0.300 e. The van der Waals surface area contributed by atoms with E-state index >= 15 is 0 Å². The first-order valence-electron chi connectivity index (χ1n) is 12.9. The Hall–Kier alpha value is -4.66. The molecule has 4 rings (SSSR count). The Morgan fingerprint density at radius 2 is 1.48 bits per heavy atom. The number of methoxy groups -OCH3 is 2. The summed E-state index contributed by atoms with van der Waals surface area (Å²) in [5.41, 5.74) is 2.18. The number of anilines is 2. The molecular formula is C31H34N2O7. The standard InChI is InChI=1S/C31H34N2O7/c1-7-39-22-13-14-25(26(18-22)40-8-2)29(34)27-28(19-9-11-20(12-10-19)32(3)4)33(31(36)30(27)35)21-15-23(37-5)17-24(16-21)38-6/h9-18,28,34H,7-8H2,1-6H3/b29-27-. The van der Waals surface area contributed by atoms with Crippen molar-refractivity contribution in [3.8, 4) is 23.0 Å². The lowest BCUT2D eigenvalue weighted by Crippen LogP contribution is -2.29. The van der Waals surface area contributed by atoms with Crippen LogP contribution in [0.15, 0.2) is 66.2 Å². The van der Waals surface area contributed by atoms with Crippen LogP contribution in [0, 0.1) is 0 Å². The van der Waals surface area contributed by atoms with E-state index in [0.29, 0.717) is 47.5 Å². The quantitative estimate of drug-likeness (QED) is 0.211. The molecule has 9 heteroatoms. The van der Waals surface area contributed by atoms with Crippen molar-refractivity contribution in [2.45, 2.75) is 19.9 Å². The van der Waals surface area contributed by atoms with Gasteiger partial charge in [0.2, 0.25) is 0 Å². The minimum atomic E-state index is -0.936. The SMILES string of the molecule is CCOc1ccc(/C(O)=C2/C(=O)C(=O)N(c3cc(OC)cc(OC)c3)C2c2ccc(N(C)C)cc2)c(OCC)c1. The van der Waals surface area contributed by atoms with Crippen molar-refractivity contribution in [2.75, 3.05) is 51.3 Å². The molecule has 9 nitrogen and oxygen atoms in total. The van der Waals surface area contributed by atoms with Crippen molar-refractivity contribution in [1.82, 2.24) is 0 Å². The van der Waals surface area contributed by atoms with Crippen LogP contribution >= 0.6 is 0 Å². The van der Waals surface area contributed by atoms with E-state index < -0.39 is 17.7 Å². The molecule has 0 bridgehead atoms. The molecule has 1 saturated heterocycles. The van der Waals surface area contributed by atoms with Crippen molar-refractivity contribution in [3.05, 3.63) is 77.4 Å². The van der Waals surface area contributed by atoms with Gasteiger partial charge in [0.15, 0.2) is 0 Å². The Labute approximate surface area is 234 Å². The number of hydrogen-bond acceptors (Lipinski definition) is 8. The molecule has 0 aromatic heterocycles. The van der Waals surface area contributed by atoms with E-state index in [1.165, 1.54) is 19.1 Å². The molecule has 0 spiro atoms. The summed E-state index contributed by atoms with van der Waals surface area (Å²) in [5, 5.41) is 11.7. The summed E-state index contributed by atoms with van der Waals surface area (Å²) in [6.07, 6.45) is 0. The fourth-order valence-electron chi connectivity index (χ4n) is 4.68. The predicted molar refractivity (Wildman–Crippen MR) is 154 cm³/mol. The lowest BCUT2D eigenvalue weighted by Gasteiger charge is -2.27. The van der Waals surface area contributed by atoms with Crippen molar-refractivity contribution >= 4 is 28.8 Å². The van der Waals surface area contributed by atoms with Crippen LogP contribution in [0.5, 0.6) is 23.0 Å². The van der Waals surface area contributed by atoms with Crippen molar-refractivity contribution in [3.63, 3.8) is 0 Å². The number of nitrogens with zero attached hydrogens (tertiary/aromatic N) is 2. The number of hydrogen-bond donors (Lipinski definition) is 1. The van der Waals surface area contributed by atoms with Gasteiger partial charge in [-0.05, 0) is 43.7 Å². The zero-order valence-electron chi connectivity index (χ0n) is 23.6. The molecule has 0 radical (unpaired) electrons. The Bertz CT molecular complexity index is 1410. The van der Waals surface area contributed by atoms with Gasteiger partial charge < -0.3 is 29.0 Å². The second kappa shape index (κ2) is 12.0. The third-order valence-electron chi connectivity index (χ3n) is 6.60. The topological polar surface area (TPSA) is 97.8 Å². The first kappa shape index (κ1) is 28.4. The zero-order chi connectivity index (χ0) is 29.0. The average Bonchev–Trinajstić information content (AvgIpc) is 3.22. The van der Waals surface area contributed by atoms with Crippen molar-refractivity contribution in [2.24, 2.45) is 0 Å². The van der Waals surface area contributed by atoms with Gasteiger partial charge in [0.05, 0.1) is 50.3 Å². The average molecular weight is 547 g/mol. The maximum absolute atomic E-state index is 13.7. The van der Waals surface area contributed by atoms with E-state index in [1.807, 2.05) is 57.1 Å². The second-order valence-electron chi connectivity index (χ2n) is 9.25. The summed E-state index contributed by atoms with van der Waals surface area (Å²) in [7, 11) is 6.85. The highest BCUT2D eigenvalue weighted by molar-refractivity contribution is 6.51. The summed E-state index contributed by atoms with van der Waals surface area (Å²) >= 11 is 0. The number of amides is 1. The van der Waals surface area contributed by atoms with E-state index in [0.717, 1.165) is 5.69 Å². The van der Waals surface area contributed by atoms with Gasteiger partial charge in [-0.2, -0.15) is 0 Å². The Morgan fingerprint density at radius 1 is 0.850 bits per heavy atom. The molecule has 1 N–H and O–H groups in total. The van der Waals surface area contributed by atoms with Crippen molar-refractivity contribution < 1.29 is 33.6 Å². The normalized spacial score (nSPS) is 16.1. The molecule has 1 fully saturated rings. The molecule has 1 atom stereocenters. The highest BCUT2D eigenvalue weighted by atomic mass is 16.5. The van der Waals surface area contributed by atoms with Gasteiger partial charge in [0, 0.05) is 44.0 Å². The van der Waals surface area contributed by atoms with Gasteiger partial charge in [-0.15, -0.1) is 0 Å². The van der Waals surface area contributed by atoms with Crippen LogP contribution in [0.1, 0.15) is 31.0 Å². The predicted octanol–water partition coefficient (Wildman–Crippen LogP) is 5.19.